The summed E-state index contributed by atoms with van der Waals surface area (Å²) >= 11 is 8.80. The average molecular weight is 437 g/mol. The smallest absolute Gasteiger partial charge is 0.355 e. The summed E-state index contributed by atoms with van der Waals surface area (Å²) in [5.41, 5.74) is 1.28. The third kappa shape index (κ3) is 4.95. The number of hydrogen-bond donors (Lipinski definition) is 2. The Kier molecular flexibility index (Phi) is 6.78. The van der Waals surface area contributed by atoms with Gasteiger partial charge in [-0.15, -0.1) is 11.3 Å². The van der Waals surface area contributed by atoms with Gasteiger partial charge in [0.2, 0.25) is 5.91 Å². The predicted molar refractivity (Wildman–Crippen MR) is 109 cm³/mol. The van der Waals surface area contributed by atoms with Gasteiger partial charge < -0.3 is 15.3 Å². The van der Waals surface area contributed by atoms with E-state index < -0.39 is 5.97 Å². The summed E-state index contributed by atoms with van der Waals surface area (Å²) in [5, 5.41) is 23.0. The SMILES string of the molecule is N#Cc1ccc(NC[C@H]2CCC(=O)N2CCSc2nc(C(=O)O)cs2)cc1Cl. The topological polar surface area (TPSA) is 106 Å². The summed E-state index contributed by atoms with van der Waals surface area (Å²) < 4.78 is 0.686. The van der Waals surface area contributed by atoms with Crippen LogP contribution in [0.1, 0.15) is 28.9 Å². The minimum atomic E-state index is -1.04. The Bertz CT molecular complexity index is 928. The molecule has 0 spiro atoms. The first-order valence-electron chi connectivity index (χ1n) is 8.52. The Morgan fingerprint density at radius 1 is 1.54 bits per heavy atom. The van der Waals surface area contributed by atoms with Crippen molar-refractivity contribution in [3.05, 3.63) is 39.9 Å². The molecule has 3 rings (SSSR count). The molecule has 1 saturated heterocycles. The molecule has 10 heteroatoms. The van der Waals surface area contributed by atoms with Crippen LogP contribution in [0.2, 0.25) is 5.02 Å². The number of thioether (sulfide) groups is 1. The summed E-state index contributed by atoms with van der Waals surface area (Å²) in [5.74, 6) is -0.264. The van der Waals surface area contributed by atoms with Crippen LogP contribution in [0.4, 0.5) is 5.69 Å². The molecule has 0 radical (unpaired) electrons. The molecule has 146 valence electrons. The first kappa shape index (κ1) is 20.5. The highest BCUT2D eigenvalue weighted by Crippen LogP contribution is 2.26. The number of aromatic carboxylic acids is 1. The van der Waals surface area contributed by atoms with E-state index in [-0.39, 0.29) is 17.6 Å². The van der Waals surface area contributed by atoms with Crippen LogP contribution in [-0.4, -0.2) is 51.8 Å². The van der Waals surface area contributed by atoms with Crippen molar-refractivity contribution in [2.45, 2.75) is 23.2 Å². The third-order valence-electron chi connectivity index (χ3n) is 4.34. The van der Waals surface area contributed by atoms with Gasteiger partial charge in [-0.2, -0.15) is 5.26 Å². The second kappa shape index (κ2) is 9.28. The summed E-state index contributed by atoms with van der Waals surface area (Å²) in [7, 11) is 0. The molecule has 2 N–H and O–H groups in total. The van der Waals surface area contributed by atoms with E-state index in [0.29, 0.717) is 40.2 Å². The zero-order valence-electron chi connectivity index (χ0n) is 14.7. The predicted octanol–water partition coefficient (Wildman–Crippen LogP) is 3.56. The molecule has 2 aromatic rings. The number of hydrogen-bond acceptors (Lipinski definition) is 7. The van der Waals surface area contributed by atoms with E-state index in [9.17, 15) is 9.59 Å². The third-order valence-corrected chi connectivity index (χ3v) is 6.66. The fraction of sp³-hybridized carbons (Fsp3) is 0.333. The minimum absolute atomic E-state index is 0.0490. The van der Waals surface area contributed by atoms with E-state index in [4.69, 9.17) is 22.0 Å². The lowest BCUT2D eigenvalue weighted by atomic mass is 10.2. The van der Waals surface area contributed by atoms with Gasteiger partial charge >= 0.3 is 5.97 Å². The summed E-state index contributed by atoms with van der Waals surface area (Å²) in [4.78, 5) is 29.0. The Morgan fingerprint density at radius 3 is 3.04 bits per heavy atom. The van der Waals surface area contributed by atoms with Crippen molar-refractivity contribution in [3.63, 3.8) is 0 Å². The van der Waals surface area contributed by atoms with Crippen LogP contribution in [-0.2, 0) is 4.79 Å². The van der Waals surface area contributed by atoms with E-state index in [0.717, 1.165) is 12.1 Å². The molecule has 7 nitrogen and oxygen atoms in total. The van der Waals surface area contributed by atoms with Gasteiger partial charge in [-0.1, -0.05) is 23.4 Å². The van der Waals surface area contributed by atoms with Crippen molar-refractivity contribution in [2.24, 2.45) is 0 Å². The number of nitrogens with zero attached hydrogens (tertiary/aromatic N) is 3. The lowest BCUT2D eigenvalue weighted by molar-refractivity contribution is -0.128. The number of likely N-dealkylation sites (tertiary alicyclic amines) is 1. The molecule has 2 heterocycles. The number of anilines is 1. The van der Waals surface area contributed by atoms with Gasteiger partial charge in [0, 0.05) is 42.4 Å². The van der Waals surface area contributed by atoms with Crippen LogP contribution in [0.5, 0.6) is 0 Å². The van der Waals surface area contributed by atoms with Gasteiger partial charge in [-0.3, -0.25) is 4.79 Å². The monoisotopic (exact) mass is 436 g/mol. The molecule has 0 saturated carbocycles. The Hall–Kier alpha value is -2.28. The molecule has 0 aliphatic carbocycles. The van der Waals surface area contributed by atoms with Crippen LogP contribution in [0.15, 0.2) is 27.9 Å². The first-order valence-corrected chi connectivity index (χ1v) is 10.8. The maximum atomic E-state index is 12.2. The van der Waals surface area contributed by atoms with E-state index >= 15 is 0 Å². The Balaban J connectivity index is 1.52. The number of nitriles is 1. The number of carbonyl (C=O) groups excluding carboxylic acids is 1. The van der Waals surface area contributed by atoms with Crippen LogP contribution in [0.3, 0.4) is 0 Å². The van der Waals surface area contributed by atoms with E-state index in [1.54, 1.807) is 18.2 Å². The van der Waals surface area contributed by atoms with Crippen LogP contribution < -0.4 is 5.32 Å². The highest BCUT2D eigenvalue weighted by Gasteiger charge is 2.30. The number of nitrogens with one attached hydrogen (secondary N) is 1. The number of halogens is 1. The average Bonchev–Trinajstić information content (AvgIpc) is 3.28. The fourth-order valence-electron chi connectivity index (χ4n) is 2.92. The lowest BCUT2D eigenvalue weighted by Gasteiger charge is -2.25. The number of carbonyl (C=O) groups is 2. The quantitative estimate of drug-likeness (QED) is 0.609. The zero-order valence-corrected chi connectivity index (χ0v) is 17.1. The normalized spacial score (nSPS) is 16.2. The highest BCUT2D eigenvalue weighted by molar-refractivity contribution is 8.01. The van der Waals surface area contributed by atoms with E-state index in [1.165, 1.54) is 28.5 Å². The number of benzene rings is 1. The van der Waals surface area contributed by atoms with Crippen molar-refractivity contribution in [1.29, 1.82) is 5.26 Å². The number of rotatable bonds is 8. The summed E-state index contributed by atoms with van der Waals surface area (Å²) in [6.07, 6.45) is 1.30. The van der Waals surface area contributed by atoms with Crippen molar-refractivity contribution < 1.29 is 14.7 Å². The number of amides is 1. The van der Waals surface area contributed by atoms with Gasteiger partial charge in [0.25, 0.3) is 0 Å². The molecule has 1 aliphatic rings. The standard InChI is InChI=1S/C18H17ClN4O3S2/c19-14-7-12(2-1-11(14)8-20)21-9-13-3-4-16(24)23(13)5-6-27-18-22-15(10-28-18)17(25)26/h1-2,7,10,13,21H,3-6,9H2,(H,25,26)/t13-/m1/s1. The number of carboxylic acid groups (broad SMARTS) is 1. The minimum Gasteiger partial charge on any atom is -0.476 e. The Labute approximate surface area is 175 Å². The second-order valence-electron chi connectivity index (χ2n) is 6.12. The van der Waals surface area contributed by atoms with Gasteiger partial charge in [-0.25, -0.2) is 9.78 Å². The van der Waals surface area contributed by atoms with Crippen molar-refractivity contribution in [1.82, 2.24) is 9.88 Å². The maximum absolute atomic E-state index is 12.2. The molecule has 0 unspecified atom stereocenters. The molecule has 1 aromatic heterocycles. The van der Waals surface area contributed by atoms with Gasteiger partial charge in [0.05, 0.1) is 10.6 Å². The van der Waals surface area contributed by atoms with Crippen LogP contribution >= 0.6 is 34.7 Å². The molecule has 1 aromatic carbocycles. The highest BCUT2D eigenvalue weighted by atomic mass is 35.5. The first-order chi connectivity index (χ1) is 13.5. The number of carboxylic acids is 1. The Morgan fingerprint density at radius 2 is 2.36 bits per heavy atom. The summed E-state index contributed by atoms with van der Waals surface area (Å²) in [6, 6.07) is 7.27. The molecule has 1 amide bonds. The zero-order chi connectivity index (χ0) is 20.1. The molecule has 1 aliphatic heterocycles. The van der Waals surface area contributed by atoms with Gasteiger partial charge in [0.15, 0.2) is 10.0 Å². The lowest BCUT2D eigenvalue weighted by Crippen LogP contribution is -2.39. The van der Waals surface area contributed by atoms with Gasteiger partial charge in [-0.05, 0) is 24.6 Å². The van der Waals surface area contributed by atoms with E-state index in [1.807, 2.05) is 11.0 Å². The molecular weight excluding hydrogens is 420 g/mol. The molecule has 28 heavy (non-hydrogen) atoms. The molecular formula is C18H17ClN4O3S2. The number of aromatic nitrogens is 1. The van der Waals surface area contributed by atoms with Crippen molar-refractivity contribution in [2.75, 3.05) is 24.2 Å². The maximum Gasteiger partial charge on any atom is 0.355 e. The largest absolute Gasteiger partial charge is 0.476 e. The number of thiazole rings is 1. The second-order valence-corrected chi connectivity index (χ2v) is 8.73. The fourth-order valence-corrected chi connectivity index (χ4v) is 4.95. The van der Waals surface area contributed by atoms with Crippen LogP contribution in [0, 0.1) is 11.3 Å². The van der Waals surface area contributed by atoms with Gasteiger partial charge in [0.1, 0.15) is 6.07 Å². The van der Waals surface area contributed by atoms with E-state index in [2.05, 4.69) is 10.3 Å². The molecule has 1 atom stereocenters. The molecule has 1 fully saturated rings. The van der Waals surface area contributed by atoms with Crippen molar-refractivity contribution >= 4 is 52.3 Å². The van der Waals surface area contributed by atoms with Crippen molar-refractivity contribution in [3.8, 4) is 6.07 Å². The molecule has 0 bridgehead atoms. The summed E-state index contributed by atoms with van der Waals surface area (Å²) in [6.45, 7) is 1.17. The van der Waals surface area contributed by atoms with Crippen LogP contribution in [0.25, 0.3) is 0 Å².